The van der Waals surface area contributed by atoms with Gasteiger partial charge in [0.15, 0.2) is 23.3 Å². The van der Waals surface area contributed by atoms with E-state index in [0.717, 1.165) is 0 Å². The molecule has 0 aliphatic carbocycles. The maximum atomic E-state index is 13.4. The Morgan fingerprint density at radius 2 is 1.43 bits per heavy atom. The molecule has 0 saturated carbocycles. The summed E-state index contributed by atoms with van der Waals surface area (Å²) in [6, 6.07) is 0. The Morgan fingerprint density at radius 1 is 0.957 bits per heavy atom. The predicted octanol–water partition coefficient (Wildman–Crippen LogP) is 1.13. The van der Waals surface area contributed by atoms with Gasteiger partial charge >= 0.3 is 0 Å². The number of hydrogen-bond acceptors (Lipinski definition) is 6. The first-order chi connectivity index (χ1) is 10.5. The molecule has 14 heteroatoms. The minimum absolute atomic E-state index is 0.212. The van der Waals surface area contributed by atoms with Crippen molar-refractivity contribution in [1.82, 2.24) is 10.2 Å². The zero-order valence-corrected chi connectivity index (χ0v) is 12.0. The second-order valence-electron chi connectivity index (χ2n) is 3.82. The number of carbonyl (C=O) groups excluding carboxylic acids is 1. The molecule has 3 N–H and O–H groups in total. The third-order valence-electron chi connectivity index (χ3n) is 2.31. The summed E-state index contributed by atoms with van der Waals surface area (Å²) in [5, 5.41) is 12.0. The van der Waals surface area contributed by atoms with E-state index in [9.17, 15) is 35.2 Å². The van der Waals surface area contributed by atoms with Crippen LogP contribution < -0.4 is 10.5 Å². The molecule has 0 unspecified atom stereocenters. The van der Waals surface area contributed by atoms with Gasteiger partial charge in [0.25, 0.3) is 15.9 Å². The van der Waals surface area contributed by atoms with Crippen molar-refractivity contribution >= 4 is 32.4 Å². The topological polar surface area (TPSA) is 115 Å². The van der Waals surface area contributed by atoms with Crippen LogP contribution in [0.5, 0.6) is 0 Å². The Hall–Kier alpha value is -2.19. The highest BCUT2D eigenvalue weighted by Crippen LogP contribution is 2.25. The van der Waals surface area contributed by atoms with E-state index in [1.165, 1.54) is 0 Å². The molecule has 23 heavy (non-hydrogen) atoms. The molecule has 0 saturated heterocycles. The predicted molar refractivity (Wildman–Crippen MR) is 65.5 cm³/mol. The van der Waals surface area contributed by atoms with Crippen LogP contribution in [0.25, 0.3) is 0 Å². The average molecular weight is 374 g/mol. The van der Waals surface area contributed by atoms with E-state index < -0.39 is 60.1 Å². The quantitative estimate of drug-likeness (QED) is 0.362. The van der Waals surface area contributed by atoms with E-state index in [1.54, 1.807) is 5.32 Å². The van der Waals surface area contributed by atoms with Crippen LogP contribution in [0.1, 0.15) is 10.4 Å². The molecule has 0 aliphatic rings. The number of nitrogens with zero attached hydrogens (tertiary/aromatic N) is 2. The number of rotatable bonds is 3. The molecule has 7 nitrogen and oxygen atoms in total. The van der Waals surface area contributed by atoms with Gasteiger partial charge in [-0.25, -0.2) is 35.5 Å². The molecule has 0 atom stereocenters. The fourth-order valence-corrected chi connectivity index (χ4v) is 2.67. The lowest BCUT2D eigenvalue weighted by atomic mass is 10.1. The molecular weight excluding hydrogens is 371 g/mol. The Kier molecular flexibility index (Phi) is 4.32. The third-order valence-corrected chi connectivity index (χ3v) is 4.46. The van der Waals surface area contributed by atoms with Crippen molar-refractivity contribution in [3.63, 3.8) is 0 Å². The number of hydrogen-bond donors (Lipinski definition) is 2. The molecule has 124 valence electrons. The molecule has 0 radical (unpaired) electrons. The molecule has 0 spiro atoms. The van der Waals surface area contributed by atoms with E-state index in [1.807, 2.05) is 0 Å². The number of aromatic nitrogens is 2. The van der Waals surface area contributed by atoms with E-state index in [0.29, 0.717) is 0 Å². The molecule has 0 aliphatic heterocycles. The van der Waals surface area contributed by atoms with Crippen LogP contribution in [-0.2, 0) is 10.0 Å². The normalized spacial score (nSPS) is 11.6. The Balaban J connectivity index is 2.41. The van der Waals surface area contributed by atoms with Crippen molar-refractivity contribution in [3.8, 4) is 0 Å². The molecule has 0 bridgehead atoms. The van der Waals surface area contributed by atoms with E-state index in [-0.39, 0.29) is 11.3 Å². The summed E-state index contributed by atoms with van der Waals surface area (Å²) in [5.41, 5.74) is -1.76. The monoisotopic (exact) mass is 374 g/mol. The largest absolute Gasteiger partial charge is 0.296 e. The maximum absolute atomic E-state index is 13.4. The number of halogens is 5. The van der Waals surface area contributed by atoms with Crippen molar-refractivity contribution in [3.05, 3.63) is 34.6 Å². The van der Waals surface area contributed by atoms with Gasteiger partial charge in [-0.1, -0.05) is 11.3 Å². The highest BCUT2D eigenvalue weighted by molar-refractivity contribution is 7.91. The second kappa shape index (κ2) is 5.78. The maximum Gasteiger partial charge on any atom is 0.267 e. The average Bonchev–Trinajstić information content (AvgIpc) is 2.92. The number of primary sulfonamides is 1. The summed E-state index contributed by atoms with van der Waals surface area (Å²) >= 11 is 0.212. The highest BCUT2D eigenvalue weighted by atomic mass is 32.2. The first kappa shape index (κ1) is 17.2. The van der Waals surface area contributed by atoms with E-state index in [4.69, 9.17) is 5.14 Å². The molecule has 0 fully saturated rings. The Bertz CT molecular complexity index is 885. The van der Waals surface area contributed by atoms with E-state index in [2.05, 4.69) is 10.2 Å². The van der Waals surface area contributed by atoms with Gasteiger partial charge in [0.05, 0.1) is 0 Å². The lowest BCUT2D eigenvalue weighted by Crippen LogP contribution is -2.19. The Labute approximate surface area is 128 Å². The minimum Gasteiger partial charge on any atom is -0.296 e. The fourth-order valence-electron chi connectivity index (χ4n) is 1.34. The van der Waals surface area contributed by atoms with Crippen LogP contribution in [0, 0.1) is 29.1 Å². The molecule has 1 aromatic heterocycles. The minimum atomic E-state index is -4.24. The SMILES string of the molecule is NS(=O)(=O)c1nnc(NC(=O)c2c(F)c(F)c(F)c(F)c2F)s1. The first-order valence-electron chi connectivity index (χ1n) is 5.23. The number of amides is 1. The van der Waals surface area contributed by atoms with Crippen LogP contribution >= 0.6 is 11.3 Å². The highest BCUT2D eigenvalue weighted by Gasteiger charge is 2.30. The van der Waals surface area contributed by atoms with Crippen molar-refractivity contribution in [1.29, 1.82) is 0 Å². The summed E-state index contributed by atoms with van der Waals surface area (Å²) < 4.78 is 86.9. The van der Waals surface area contributed by atoms with Gasteiger partial charge in [-0.2, -0.15) is 0 Å². The van der Waals surface area contributed by atoms with Gasteiger partial charge in [0, 0.05) is 0 Å². The first-order valence-corrected chi connectivity index (χ1v) is 7.59. The van der Waals surface area contributed by atoms with Crippen molar-refractivity contribution in [2.45, 2.75) is 4.34 Å². The van der Waals surface area contributed by atoms with Crippen LogP contribution in [-0.4, -0.2) is 24.5 Å². The zero-order valence-electron chi connectivity index (χ0n) is 10.4. The molecule has 2 rings (SSSR count). The number of nitrogens with one attached hydrogen (secondary N) is 1. The lowest BCUT2D eigenvalue weighted by Gasteiger charge is -2.07. The fraction of sp³-hybridized carbons (Fsp3) is 0. The second-order valence-corrected chi connectivity index (χ2v) is 6.53. The molecule has 1 aromatic carbocycles. The summed E-state index contributed by atoms with van der Waals surface area (Å²) in [4.78, 5) is 11.6. The molecule has 2 aromatic rings. The number of sulfonamides is 1. The van der Waals surface area contributed by atoms with Gasteiger partial charge in [-0.3, -0.25) is 10.1 Å². The van der Waals surface area contributed by atoms with E-state index >= 15 is 0 Å². The molecule has 1 amide bonds. The van der Waals surface area contributed by atoms with Crippen molar-refractivity contribution in [2.24, 2.45) is 5.14 Å². The smallest absolute Gasteiger partial charge is 0.267 e. The lowest BCUT2D eigenvalue weighted by molar-refractivity contribution is 0.101. The number of nitrogens with two attached hydrogens (primary N) is 1. The Morgan fingerprint density at radius 3 is 1.87 bits per heavy atom. The molecule has 1 heterocycles. The summed E-state index contributed by atoms with van der Waals surface area (Å²) in [6.07, 6.45) is 0. The van der Waals surface area contributed by atoms with Gasteiger partial charge in [-0.05, 0) is 0 Å². The molecular formula is C9H3F5N4O3S2. The third kappa shape index (κ3) is 3.13. The van der Waals surface area contributed by atoms with Crippen LogP contribution in [0.4, 0.5) is 27.1 Å². The van der Waals surface area contributed by atoms with Gasteiger partial charge in [0.1, 0.15) is 5.56 Å². The number of benzene rings is 1. The van der Waals surface area contributed by atoms with Gasteiger partial charge in [-0.15, -0.1) is 10.2 Å². The van der Waals surface area contributed by atoms with Gasteiger partial charge < -0.3 is 0 Å². The van der Waals surface area contributed by atoms with Crippen LogP contribution in [0.3, 0.4) is 0 Å². The zero-order chi connectivity index (χ0) is 17.5. The van der Waals surface area contributed by atoms with Gasteiger partial charge in [0.2, 0.25) is 15.3 Å². The van der Waals surface area contributed by atoms with Crippen LogP contribution in [0.2, 0.25) is 0 Å². The standard InChI is InChI=1S/C9H3F5N4O3S2/c10-2-1(3(11)5(13)6(14)4(2)12)7(19)16-8-17-18-9(22-8)23(15,20)21/h(H2,15,20,21)(H,16,17,19). The number of carbonyl (C=O) groups is 1. The van der Waals surface area contributed by atoms with Crippen molar-refractivity contribution < 1.29 is 35.2 Å². The summed E-state index contributed by atoms with van der Waals surface area (Å²) in [7, 11) is -4.24. The van der Waals surface area contributed by atoms with Crippen LogP contribution in [0.15, 0.2) is 4.34 Å². The number of anilines is 1. The summed E-state index contributed by atoms with van der Waals surface area (Å²) in [5.74, 6) is -13.5. The summed E-state index contributed by atoms with van der Waals surface area (Å²) in [6.45, 7) is 0. The van der Waals surface area contributed by atoms with Crippen molar-refractivity contribution in [2.75, 3.05) is 5.32 Å².